The molecule has 1 aliphatic carbocycles. The molecule has 196 valence electrons. The lowest BCUT2D eigenvalue weighted by Crippen LogP contribution is -2.42. The first kappa shape index (κ1) is 25.5. The molecule has 0 aromatic heterocycles. The minimum Gasteiger partial charge on any atom is -0.480 e. The standard InChI is InChI=1S/C31H27N3O5/c35-29(36)28(18-20-14-16-22(17-15-20)33-30(37)32-21-8-2-1-3-9-21)34-31(38)39-19-27-25-12-6-4-10-23(25)24-11-5-7-13-26(24)27/h1-17,27-28H,18-19H2,(H,34,38)(H,35,36)(H2,32,33,37)/t28-/m1/s1. The SMILES string of the molecule is O=C(Nc1ccccc1)Nc1ccc(C[C@@H](NC(=O)OCC2c3ccccc3-c3ccccc32)C(=O)O)cc1. The molecule has 0 saturated carbocycles. The summed E-state index contributed by atoms with van der Waals surface area (Å²) in [6.45, 7) is 0.0949. The Kier molecular flexibility index (Phi) is 7.54. The molecule has 0 spiro atoms. The molecular weight excluding hydrogens is 494 g/mol. The van der Waals surface area contributed by atoms with Crippen molar-refractivity contribution < 1.29 is 24.2 Å². The highest BCUT2D eigenvalue weighted by Gasteiger charge is 2.29. The third-order valence-electron chi connectivity index (χ3n) is 6.62. The smallest absolute Gasteiger partial charge is 0.407 e. The minimum absolute atomic E-state index is 0.0516. The zero-order valence-electron chi connectivity index (χ0n) is 21.0. The monoisotopic (exact) mass is 521 g/mol. The number of anilines is 2. The van der Waals surface area contributed by atoms with Crippen LogP contribution in [0.1, 0.15) is 22.6 Å². The van der Waals surface area contributed by atoms with Crippen molar-refractivity contribution in [1.82, 2.24) is 5.32 Å². The average molecular weight is 522 g/mol. The summed E-state index contributed by atoms with van der Waals surface area (Å²) in [6, 6.07) is 30.2. The van der Waals surface area contributed by atoms with E-state index in [1.807, 2.05) is 66.7 Å². The van der Waals surface area contributed by atoms with Crippen molar-refractivity contribution >= 4 is 29.5 Å². The third-order valence-corrected chi connectivity index (χ3v) is 6.62. The fourth-order valence-electron chi connectivity index (χ4n) is 4.76. The van der Waals surface area contributed by atoms with Gasteiger partial charge >= 0.3 is 18.1 Å². The number of amides is 3. The first-order valence-corrected chi connectivity index (χ1v) is 12.5. The van der Waals surface area contributed by atoms with E-state index >= 15 is 0 Å². The van der Waals surface area contributed by atoms with Crippen LogP contribution in [0.2, 0.25) is 0 Å². The summed E-state index contributed by atoms with van der Waals surface area (Å²) < 4.78 is 5.50. The van der Waals surface area contributed by atoms with Gasteiger partial charge in [0.1, 0.15) is 12.6 Å². The lowest BCUT2D eigenvalue weighted by atomic mass is 9.98. The number of hydrogen-bond acceptors (Lipinski definition) is 4. The molecule has 8 nitrogen and oxygen atoms in total. The topological polar surface area (TPSA) is 117 Å². The van der Waals surface area contributed by atoms with Gasteiger partial charge in [0.05, 0.1) is 0 Å². The number of alkyl carbamates (subject to hydrolysis) is 1. The van der Waals surface area contributed by atoms with Gasteiger partial charge in [-0.25, -0.2) is 14.4 Å². The molecule has 8 heteroatoms. The Morgan fingerprint density at radius 1 is 0.718 bits per heavy atom. The number of benzene rings is 4. The van der Waals surface area contributed by atoms with Gasteiger partial charge in [0.25, 0.3) is 0 Å². The summed E-state index contributed by atoms with van der Waals surface area (Å²) in [5.41, 5.74) is 6.26. The van der Waals surface area contributed by atoms with Gasteiger partial charge in [0.15, 0.2) is 0 Å². The van der Waals surface area contributed by atoms with Crippen LogP contribution in [0.4, 0.5) is 21.0 Å². The summed E-state index contributed by atoms with van der Waals surface area (Å²) >= 11 is 0. The number of fused-ring (bicyclic) bond motifs is 3. The molecule has 1 atom stereocenters. The van der Waals surface area contributed by atoms with E-state index in [0.717, 1.165) is 22.3 Å². The second-order valence-electron chi connectivity index (χ2n) is 9.21. The zero-order valence-corrected chi connectivity index (χ0v) is 21.0. The Bertz CT molecular complexity index is 1440. The Balaban J connectivity index is 1.16. The van der Waals surface area contributed by atoms with Gasteiger partial charge in [-0.05, 0) is 52.1 Å². The summed E-state index contributed by atoms with van der Waals surface area (Å²) in [7, 11) is 0. The molecule has 0 fully saturated rings. The number of carboxylic acid groups (broad SMARTS) is 1. The summed E-state index contributed by atoms with van der Waals surface area (Å²) in [5, 5.41) is 17.6. The lowest BCUT2D eigenvalue weighted by molar-refractivity contribution is -0.139. The number of rotatable bonds is 8. The summed E-state index contributed by atoms with van der Waals surface area (Å²) in [5.74, 6) is -1.29. The van der Waals surface area contributed by atoms with Crippen LogP contribution in [0, 0.1) is 0 Å². The molecule has 4 aromatic carbocycles. The van der Waals surface area contributed by atoms with Crippen LogP contribution < -0.4 is 16.0 Å². The van der Waals surface area contributed by atoms with Gasteiger partial charge in [-0.15, -0.1) is 0 Å². The number of carboxylic acids is 1. The van der Waals surface area contributed by atoms with E-state index in [1.54, 1.807) is 36.4 Å². The molecule has 4 aromatic rings. The van der Waals surface area contributed by atoms with E-state index in [-0.39, 0.29) is 18.9 Å². The normalized spacial score (nSPS) is 12.5. The number of para-hydroxylation sites is 1. The zero-order chi connectivity index (χ0) is 27.2. The largest absolute Gasteiger partial charge is 0.480 e. The van der Waals surface area contributed by atoms with Crippen LogP contribution in [0.15, 0.2) is 103 Å². The average Bonchev–Trinajstić information content (AvgIpc) is 3.26. The van der Waals surface area contributed by atoms with Crippen molar-refractivity contribution in [2.75, 3.05) is 17.2 Å². The molecule has 0 radical (unpaired) electrons. The molecule has 0 aliphatic heterocycles. The Morgan fingerprint density at radius 3 is 1.85 bits per heavy atom. The number of hydrogen-bond donors (Lipinski definition) is 4. The van der Waals surface area contributed by atoms with Gasteiger partial charge in [0, 0.05) is 23.7 Å². The van der Waals surface area contributed by atoms with E-state index in [9.17, 15) is 19.5 Å². The fourth-order valence-corrected chi connectivity index (χ4v) is 4.76. The van der Waals surface area contributed by atoms with E-state index in [1.165, 1.54) is 0 Å². The maximum atomic E-state index is 12.6. The molecule has 0 heterocycles. The third kappa shape index (κ3) is 6.07. The van der Waals surface area contributed by atoms with Crippen molar-refractivity contribution in [1.29, 1.82) is 0 Å². The number of carbonyl (C=O) groups excluding carboxylic acids is 2. The van der Waals surface area contributed by atoms with Crippen LogP contribution in [0.25, 0.3) is 11.1 Å². The number of ether oxygens (including phenoxy) is 1. The second-order valence-corrected chi connectivity index (χ2v) is 9.21. The highest BCUT2D eigenvalue weighted by molar-refractivity contribution is 5.99. The van der Waals surface area contributed by atoms with Gasteiger partial charge in [-0.2, -0.15) is 0 Å². The predicted octanol–water partition coefficient (Wildman–Crippen LogP) is 5.87. The number of nitrogens with one attached hydrogen (secondary N) is 3. The lowest BCUT2D eigenvalue weighted by Gasteiger charge is -2.18. The van der Waals surface area contributed by atoms with Gasteiger partial charge in [-0.1, -0.05) is 78.9 Å². The van der Waals surface area contributed by atoms with Gasteiger partial charge < -0.3 is 25.8 Å². The quantitative estimate of drug-likeness (QED) is 0.232. The Hall–Kier alpha value is -5.11. The number of aliphatic carboxylic acids is 1. The summed E-state index contributed by atoms with van der Waals surface area (Å²) in [6.07, 6.45) is -0.740. The van der Waals surface area contributed by atoms with Gasteiger partial charge in [0.2, 0.25) is 0 Å². The molecule has 0 saturated heterocycles. The van der Waals surface area contributed by atoms with Crippen molar-refractivity contribution in [3.8, 4) is 11.1 Å². The Morgan fingerprint density at radius 2 is 1.26 bits per heavy atom. The first-order valence-electron chi connectivity index (χ1n) is 12.5. The second kappa shape index (κ2) is 11.5. The fraction of sp³-hybridized carbons (Fsp3) is 0.129. The molecule has 1 aliphatic rings. The van der Waals surface area contributed by atoms with Crippen LogP contribution in [0.5, 0.6) is 0 Å². The van der Waals surface area contributed by atoms with E-state index in [2.05, 4.69) is 16.0 Å². The first-order chi connectivity index (χ1) is 19.0. The van der Waals surface area contributed by atoms with Crippen LogP contribution in [0.3, 0.4) is 0 Å². The minimum atomic E-state index is -1.18. The molecule has 0 unspecified atom stereocenters. The maximum Gasteiger partial charge on any atom is 0.407 e. The van der Waals surface area contributed by atoms with Crippen molar-refractivity contribution in [3.63, 3.8) is 0 Å². The molecule has 4 N–H and O–H groups in total. The van der Waals surface area contributed by atoms with E-state index in [0.29, 0.717) is 16.9 Å². The molecule has 3 amide bonds. The molecule has 5 rings (SSSR count). The highest BCUT2D eigenvalue weighted by atomic mass is 16.5. The van der Waals surface area contributed by atoms with E-state index < -0.39 is 24.1 Å². The van der Waals surface area contributed by atoms with Crippen LogP contribution >= 0.6 is 0 Å². The predicted molar refractivity (Wildman–Crippen MR) is 149 cm³/mol. The van der Waals surface area contributed by atoms with Crippen molar-refractivity contribution in [2.24, 2.45) is 0 Å². The van der Waals surface area contributed by atoms with Crippen molar-refractivity contribution in [3.05, 3.63) is 120 Å². The van der Waals surface area contributed by atoms with Crippen molar-refractivity contribution in [2.45, 2.75) is 18.4 Å². The van der Waals surface area contributed by atoms with Crippen LogP contribution in [-0.2, 0) is 16.0 Å². The molecule has 39 heavy (non-hydrogen) atoms. The molecule has 0 bridgehead atoms. The highest BCUT2D eigenvalue weighted by Crippen LogP contribution is 2.44. The van der Waals surface area contributed by atoms with E-state index in [4.69, 9.17) is 4.74 Å². The molecular formula is C31H27N3O5. The Labute approximate surface area is 225 Å². The van der Waals surface area contributed by atoms with Gasteiger partial charge in [-0.3, -0.25) is 0 Å². The van der Waals surface area contributed by atoms with Crippen LogP contribution in [-0.4, -0.2) is 35.8 Å². The number of urea groups is 1. The number of carbonyl (C=O) groups is 3. The maximum absolute atomic E-state index is 12.6. The summed E-state index contributed by atoms with van der Waals surface area (Å²) in [4.78, 5) is 36.7.